The van der Waals surface area contributed by atoms with Gasteiger partial charge >= 0.3 is 0 Å². The zero-order valence-corrected chi connectivity index (χ0v) is 12.4. The number of benzene rings is 1. The Balaban J connectivity index is 1.91. The van der Waals surface area contributed by atoms with Crippen molar-refractivity contribution in [3.05, 3.63) is 35.6 Å². The average Bonchev–Trinajstić information content (AvgIpc) is 2.34. The Bertz CT molecular complexity index is 466. The third kappa shape index (κ3) is 3.37. The number of hydrogen-bond acceptors (Lipinski definition) is 2. The van der Waals surface area contributed by atoms with E-state index in [1.807, 2.05) is 6.92 Å². The number of carbonyl (C=O) groups is 1. The molecule has 2 rings (SSSR count). The molecule has 20 heavy (non-hydrogen) atoms. The maximum Gasteiger partial charge on any atom is 0.223 e. The fraction of sp³-hybridized carbons (Fsp3) is 0.562. The Hall–Kier alpha value is -1.42. The lowest BCUT2D eigenvalue weighted by molar-refractivity contribution is -0.126. The third-order valence-electron chi connectivity index (χ3n) is 4.26. The minimum Gasteiger partial charge on any atom is -0.355 e. The van der Waals surface area contributed by atoms with Gasteiger partial charge in [0.15, 0.2) is 0 Å². The molecule has 1 fully saturated rings. The van der Waals surface area contributed by atoms with Gasteiger partial charge in [0.05, 0.1) is 0 Å². The molecule has 1 aromatic carbocycles. The molecule has 1 saturated heterocycles. The Kier molecular flexibility index (Phi) is 4.43. The van der Waals surface area contributed by atoms with Crippen LogP contribution < -0.4 is 10.6 Å². The van der Waals surface area contributed by atoms with Crippen LogP contribution in [0.5, 0.6) is 0 Å². The highest BCUT2D eigenvalue weighted by atomic mass is 19.1. The Morgan fingerprint density at radius 3 is 2.50 bits per heavy atom. The van der Waals surface area contributed by atoms with Crippen molar-refractivity contribution in [1.29, 1.82) is 0 Å². The second-order valence-corrected chi connectivity index (χ2v) is 6.32. The van der Waals surface area contributed by atoms with Crippen LogP contribution in [-0.2, 0) is 10.2 Å². The maximum absolute atomic E-state index is 13.0. The van der Waals surface area contributed by atoms with Crippen molar-refractivity contribution < 1.29 is 9.18 Å². The van der Waals surface area contributed by atoms with Crippen LogP contribution >= 0.6 is 0 Å². The zero-order valence-electron chi connectivity index (χ0n) is 12.4. The van der Waals surface area contributed by atoms with E-state index in [1.54, 1.807) is 12.1 Å². The van der Waals surface area contributed by atoms with Crippen LogP contribution in [0.25, 0.3) is 0 Å². The molecule has 1 amide bonds. The highest BCUT2D eigenvalue weighted by Gasteiger charge is 2.30. The molecule has 4 heteroatoms. The van der Waals surface area contributed by atoms with Gasteiger partial charge in [-0.25, -0.2) is 4.39 Å². The molecule has 0 radical (unpaired) electrons. The van der Waals surface area contributed by atoms with Crippen LogP contribution in [-0.4, -0.2) is 25.5 Å². The molecule has 1 unspecified atom stereocenters. The van der Waals surface area contributed by atoms with Gasteiger partial charge in [-0.05, 0) is 36.7 Å². The molecule has 0 aliphatic carbocycles. The first kappa shape index (κ1) is 15.0. The normalized spacial score (nSPS) is 17.4. The predicted octanol–water partition coefficient (Wildman–Crippen LogP) is 2.08. The third-order valence-corrected chi connectivity index (χ3v) is 4.26. The molecule has 0 saturated carbocycles. The van der Waals surface area contributed by atoms with Crippen molar-refractivity contribution in [2.75, 3.05) is 19.6 Å². The Morgan fingerprint density at radius 1 is 1.40 bits per heavy atom. The molecule has 0 spiro atoms. The van der Waals surface area contributed by atoms with Gasteiger partial charge in [0.25, 0.3) is 0 Å². The molecule has 3 nitrogen and oxygen atoms in total. The van der Waals surface area contributed by atoms with Gasteiger partial charge in [-0.2, -0.15) is 0 Å². The van der Waals surface area contributed by atoms with E-state index >= 15 is 0 Å². The van der Waals surface area contributed by atoms with E-state index in [1.165, 1.54) is 12.1 Å². The monoisotopic (exact) mass is 278 g/mol. The summed E-state index contributed by atoms with van der Waals surface area (Å²) in [5.41, 5.74) is 0.818. The summed E-state index contributed by atoms with van der Waals surface area (Å²) in [5, 5.41) is 6.21. The number of carbonyl (C=O) groups excluding carboxylic acids is 1. The largest absolute Gasteiger partial charge is 0.355 e. The molecule has 110 valence electrons. The quantitative estimate of drug-likeness (QED) is 0.866. The maximum atomic E-state index is 13.0. The smallest absolute Gasteiger partial charge is 0.223 e. The summed E-state index contributed by atoms with van der Waals surface area (Å²) < 4.78 is 13.0. The van der Waals surface area contributed by atoms with Crippen molar-refractivity contribution in [1.82, 2.24) is 10.6 Å². The summed E-state index contributed by atoms with van der Waals surface area (Å²) in [6.45, 7) is 8.49. The van der Waals surface area contributed by atoms with Crippen molar-refractivity contribution in [2.45, 2.75) is 26.2 Å². The number of rotatable bonds is 5. The minimum atomic E-state index is -0.236. The van der Waals surface area contributed by atoms with Crippen LogP contribution in [0.4, 0.5) is 4.39 Å². The SMILES string of the molecule is CC(C(=O)NCC(C)(C)c1ccc(F)cc1)C1CNC1. The van der Waals surface area contributed by atoms with Gasteiger partial charge in [-0.15, -0.1) is 0 Å². The minimum absolute atomic E-state index is 0.0419. The van der Waals surface area contributed by atoms with Crippen molar-refractivity contribution in [2.24, 2.45) is 11.8 Å². The van der Waals surface area contributed by atoms with Crippen LogP contribution in [0.2, 0.25) is 0 Å². The van der Waals surface area contributed by atoms with E-state index in [0.29, 0.717) is 12.5 Å². The summed E-state index contributed by atoms with van der Waals surface area (Å²) in [6, 6.07) is 6.48. The van der Waals surface area contributed by atoms with E-state index in [9.17, 15) is 9.18 Å². The van der Waals surface area contributed by atoms with Crippen LogP contribution in [0.15, 0.2) is 24.3 Å². The lowest BCUT2D eigenvalue weighted by Gasteiger charge is -2.33. The van der Waals surface area contributed by atoms with E-state index in [0.717, 1.165) is 18.7 Å². The van der Waals surface area contributed by atoms with Gasteiger partial charge in [0, 0.05) is 17.9 Å². The summed E-state index contributed by atoms with van der Waals surface area (Å²) in [6.07, 6.45) is 0. The van der Waals surface area contributed by atoms with Crippen molar-refractivity contribution >= 4 is 5.91 Å². The average molecular weight is 278 g/mol. The van der Waals surface area contributed by atoms with Crippen LogP contribution in [0.3, 0.4) is 0 Å². The highest BCUT2D eigenvalue weighted by molar-refractivity contribution is 5.78. The summed E-state index contributed by atoms with van der Waals surface area (Å²) in [5.74, 6) is 0.357. The Morgan fingerprint density at radius 2 is 2.00 bits per heavy atom. The van der Waals surface area contributed by atoms with Gasteiger partial charge in [0.1, 0.15) is 5.82 Å². The summed E-state index contributed by atoms with van der Waals surface area (Å²) >= 11 is 0. The molecular weight excluding hydrogens is 255 g/mol. The first-order valence-corrected chi connectivity index (χ1v) is 7.14. The molecule has 1 aromatic rings. The number of halogens is 1. The fourth-order valence-electron chi connectivity index (χ4n) is 2.35. The molecule has 0 bridgehead atoms. The topological polar surface area (TPSA) is 41.1 Å². The molecular formula is C16H23FN2O. The van der Waals surface area contributed by atoms with Crippen molar-refractivity contribution in [3.8, 4) is 0 Å². The predicted molar refractivity (Wildman–Crippen MR) is 78.0 cm³/mol. The van der Waals surface area contributed by atoms with Crippen LogP contribution in [0.1, 0.15) is 26.3 Å². The van der Waals surface area contributed by atoms with Gasteiger partial charge in [-0.3, -0.25) is 4.79 Å². The summed E-state index contributed by atoms with van der Waals surface area (Å²) in [7, 11) is 0. The lowest BCUT2D eigenvalue weighted by atomic mass is 9.83. The number of amides is 1. The first-order chi connectivity index (χ1) is 9.40. The van der Waals surface area contributed by atoms with Crippen molar-refractivity contribution in [3.63, 3.8) is 0 Å². The lowest BCUT2D eigenvalue weighted by Crippen LogP contribution is -2.50. The van der Waals surface area contributed by atoms with Crippen LogP contribution in [0, 0.1) is 17.7 Å². The fourth-order valence-corrected chi connectivity index (χ4v) is 2.35. The Labute approximate surface area is 120 Å². The molecule has 1 aliphatic rings. The summed E-state index contributed by atoms with van der Waals surface area (Å²) in [4.78, 5) is 12.1. The van der Waals surface area contributed by atoms with Gasteiger partial charge < -0.3 is 10.6 Å². The standard InChI is InChI=1S/C16H23FN2O/c1-11(12-8-18-9-12)15(20)19-10-16(2,3)13-4-6-14(17)7-5-13/h4-7,11-12,18H,8-10H2,1-3H3,(H,19,20). The molecule has 1 aliphatic heterocycles. The highest BCUT2D eigenvalue weighted by Crippen LogP contribution is 2.23. The van der Waals surface area contributed by atoms with E-state index in [-0.39, 0.29) is 23.1 Å². The van der Waals surface area contributed by atoms with Gasteiger partial charge in [0.2, 0.25) is 5.91 Å². The van der Waals surface area contributed by atoms with E-state index < -0.39 is 0 Å². The first-order valence-electron chi connectivity index (χ1n) is 7.14. The molecule has 1 heterocycles. The molecule has 1 atom stereocenters. The second-order valence-electron chi connectivity index (χ2n) is 6.32. The second kappa shape index (κ2) is 5.92. The number of hydrogen-bond donors (Lipinski definition) is 2. The van der Waals surface area contributed by atoms with Gasteiger partial charge in [-0.1, -0.05) is 32.9 Å². The van der Waals surface area contributed by atoms with E-state index in [4.69, 9.17) is 0 Å². The molecule has 0 aromatic heterocycles. The molecule has 2 N–H and O–H groups in total. The zero-order chi connectivity index (χ0) is 14.8. The van der Waals surface area contributed by atoms with E-state index in [2.05, 4.69) is 24.5 Å². The number of nitrogens with one attached hydrogen (secondary N) is 2.